The highest BCUT2D eigenvalue weighted by molar-refractivity contribution is 7.87. The van der Waals surface area contributed by atoms with Crippen molar-refractivity contribution < 1.29 is 25.8 Å². The van der Waals surface area contributed by atoms with E-state index in [9.17, 15) is 21.6 Å². The third-order valence-corrected chi connectivity index (χ3v) is 3.95. The summed E-state index contributed by atoms with van der Waals surface area (Å²) in [7, 11) is -5.63. The van der Waals surface area contributed by atoms with Crippen molar-refractivity contribution in [3.63, 3.8) is 0 Å². The lowest BCUT2D eigenvalue weighted by atomic mass is 9.75. The molecule has 0 aromatic carbocycles. The van der Waals surface area contributed by atoms with E-state index in [1.54, 1.807) is 30.4 Å². The van der Waals surface area contributed by atoms with Crippen LogP contribution in [0.25, 0.3) is 0 Å². The highest BCUT2D eigenvalue weighted by atomic mass is 32.2. The fourth-order valence-electron chi connectivity index (χ4n) is 1.98. The molecule has 1 atom stereocenters. The fraction of sp³-hybridized carbons (Fsp3) is 0.333. The van der Waals surface area contributed by atoms with Crippen LogP contribution < -0.4 is 0 Å². The first kappa shape index (κ1) is 13.9. The predicted molar refractivity (Wildman–Crippen MR) is 63.2 cm³/mol. The van der Waals surface area contributed by atoms with Gasteiger partial charge in [0.2, 0.25) is 0 Å². The predicted octanol–water partition coefficient (Wildman–Crippen LogP) is 3.20. The van der Waals surface area contributed by atoms with E-state index in [4.69, 9.17) is 0 Å². The summed E-state index contributed by atoms with van der Waals surface area (Å²) in [5.74, 6) is -0.201. The lowest BCUT2D eigenvalue weighted by Gasteiger charge is -2.33. The van der Waals surface area contributed by atoms with Crippen molar-refractivity contribution in [3.8, 4) is 0 Å². The number of alkyl halides is 3. The van der Waals surface area contributed by atoms with E-state index >= 15 is 0 Å². The molecular weight excluding hydrogens is 281 g/mol. The summed E-state index contributed by atoms with van der Waals surface area (Å²) in [4.78, 5) is 0. The minimum atomic E-state index is -5.63. The van der Waals surface area contributed by atoms with Gasteiger partial charge in [-0.2, -0.15) is 21.6 Å². The highest BCUT2D eigenvalue weighted by Crippen LogP contribution is 2.44. The molecule has 2 aliphatic carbocycles. The normalized spacial score (nSPS) is 26.6. The molecule has 0 heterocycles. The molecular formula is C12H11F3O3S. The molecule has 0 aliphatic heterocycles. The second kappa shape index (κ2) is 4.56. The summed E-state index contributed by atoms with van der Waals surface area (Å²) in [6, 6.07) is 0. The molecule has 19 heavy (non-hydrogen) atoms. The molecule has 1 unspecified atom stereocenters. The molecule has 0 fully saturated rings. The van der Waals surface area contributed by atoms with Crippen molar-refractivity contribution in [2.45, 2.75) is 18.3 Å². The van der Waals surface area contributed by atoms with Gasteiger partial charge < -0.3 is 4.18 Å². The van der Waals surface area contributed by atoms with Crippen LogP contribution in [0.3, 0.4) is 0 Å². The van der Waals surface area contributed by atoms with E-state index in [2.05, 4.69) is 4.18 Å². The molecule has 0 radical (unpaired) electrons. The van der Waals surface area contributed by atoms with Gasteiger partial charge in [0, 0.05) is 0 Å². The topological polar surface area (TPSA) is 43.4 Å². The van der Waals surface area contributed by atoms with Crippen molar-refractivity contribution in [1.82, 2.24) is 0 Å². The summed E-state index contributed by atoms with van der Waals surface area (Å²) in [5, 5.41) is 0. The van der Waals surface area contributed by atoms with E-state index in [0.29, 0.717) is 12.8 Å². The maximum Gasteiger partial charge on any atom is 0.534 e. The van der Waals surface area contributed by atoms with Crippen LogP contribution in [0.15, 0.2) is 48.3 Å². The van der Waals surface area contributed by atoms with Gasteiger partial charge in [-0.25, -0.2) is 0 Å². The van der Waals surface area contributed by atoms with Gasteiger partial charge in [-0.3, -0.25) is 0 Å². The van der Waals surface area contributed by atoms with E-state index < -0.39 is 21.0 Å². The minimum absolute atomic E-state index is 0.201. The van der Waals surface area contributed by atoms with Crippen LogP contribution in [0.1, 0.15) is 12.8 Å². The first-order chi connectivity index (χ1) is 8.77. The molecule has 0 bridgehead atoms. The summed E-state index contributed by atoms with van der Waals surface area (Å²) in [6.45, 7) is 0. The number of rotatable bonds is 2. The van der Waals surface area contributed by atoms with E-state index in [1.165, 1.54) is 12.2 Å². The Kier molecular flexibility index (Phi) is 3.34. The average Bonchev–Trinajstić information content (AvgIpc) is 2.32. The minimum Gasteiger partial charge on any atom is -0.380 e. The van der Waals surface area contributed by atoms with E-state index in [0.717, 1.165) is 0 Å². The summed E-state index contributed by atoms with van der Waals surface area (Å²) >= 11 is 0. The lowest BCUT2D eigenvalue weighted by molar-refractivity contribution is -0.0530. The highest BCUT2D eigenvalue weighted by Gasteiger charge is 2.50. The Bertz CT molecular complexity index is 578. The molecule has 0 N–H and O–H groups in total. The smallest absolute Gasteiger partial charge is 0.380 e. The van der Waals surface area contributed by atoms with Crippen molar-refractivity contribution in [1.29, 1.82) is 0 Å². The third-order valence-electron chi connectivity index (χ3n) is 2.98. The third kappa shape index (κ3) is 2.60. The van der Waals surface area contributed by atoms with Crippen molar-refractivity contribution in [2.24, 2.45) is 5.41 Å². The Hall–Kier alpha value is -1.50. The first-order valence-electron chi connectivity index (χ1n) is 5.49. The molecule has 3 nitrogen and oxygen atoms in total. The zero-order valence-electron chi connectivity index (χ0n) is 9.72. The van der Waals surface area contributed by atoms with E-state index in [1.807, 2.05) is 0 Å². The molecule has 1 spiro atoms. The Balaban J connectivity index is 2.33. The number of halogens is 3. The van der Waals surface area contributed by atoms with Gasteiger partial charge in [0.15, 0.2) is 0 Å². The van der Waals surface area contributed by atoms with Crippen LogP contribution in [-0.4, -0.2) is 13.9 Å². The largest absolute Gasteiger partial charge is 0.534 e. The Morgan fingerprint density at radius 2 is 1.74 bits per heavy atom. The number of hydrogen-bond donors (Lipinski definition) is 0. The van der Waals surface area contributed by atoms with Crippen LogP contribution >= 0.6 is 0 Å². The molecule has 0 saturated carbocycles. The van der Waals surface area contributed by atoms with Gasteiger partial charge in [0.1, 0.15) is 5.76 Å². The van der Waals surface area contributed by atoms with Gasteiger partial charge in [0.05, 0.1) is 5.41 Å². The Morgan fingerprint density at radius 3 is 2.32 bits per heavy atom. The molecule has 2 aliphatic rings. The van der Waals surface area contributed by atoms with Crippen molar-refractivity contribution >= 4 is 10.1 Å². The quantitative estimate of drug-likeness (QED) is 0.580. The molecule has 0 amide bonds. The van der Waals surface area contributed by atoms with Crippen LogP contribution in [0.5, 0.6) is 0 Å². The lowest BCUT2D eigenvalue weighted by Crippen LogP contribution is -2.31. The maximum absolute atomic E-state index is 12.4. The molecule has 0 aromatic heterocycles. The van der Waals surface area contributed by atoms with Gasteiger partial charge in [-0.05, 0) is 18.9 Å². The zero-order valence-corrected chi connectivity index (χ0v) is 10.5. The van der Waals surface area contributed by atoms with Gasteiger partial charge in [0.25, 0.3) is 0 Å². The van der Waals surface area contributed by atoms with Crippen molar-refractivity contribution in [3.05, 3.63) is 48.3 Å². The van der Waals surface area contributed by atoms with Crippen LogP contribution in [0.2, 0.25) is 0 Å². The molecule has 7 heteroatoms. The zero-order chi connectivity index (χ0) is 14.1. The molecule has 0 saturated heterocycles. The van der Waals surface area contributed by atoms with Gasteiger partial charge in [-0.15, -0.1) is 0 Å². The second-order valence-corrected chi connectivity index (χ2v) is 5.83. The second-order valence-electron chi connectivity index (χ2n) is 4.29. The maximum atomic E-state index is 12.4. The summed E-state index contributed by atoms with van der Waals surface area (Å²) < 4.78 is 63.6. The molecule has 0 aromatic rings. The number of allylic oxidation sites excluding steroid dienone is 7. The fourth-order valence-corrected chi connectivity index (χ4v) is 2.53. The summed E-state index contributed by atoms with van der Waals surface area (Å²) in [5.41, 5.74) is -6.27. The van der Waals surface area contributed by atoms with Crippen LogP contribution in [-0.2, 0) is 14.3 Å². The van der Waals surface area contributed by atoms with Crippen LogP contribution in [0, 0.1) is 5.41 Å². The van der Waals surface area contributed by atoms with Crippen LogP contribution in [0.4, 0.5) is 13.2 Å². The SMILES string of the molecule is O=S(=O)(OC1=CC=CCC12C=CC=CC2)C(F)(F)F. The first-order valence-corrected chi connectivity index (χ1v) is 6.90. The monoisotopic (exact) mass is 292 g/mol. The van der Waals surface area contributed by atoms with Crippen molar-refractivity contribution in [2.75, 3.05) is 0 Å². The average molecular weight is 292 g/mol. The summed E-state index contributed by atoms with van der Waals surface area (Å²) in [6.07, 6.45) is 12.1. The standard InChI is InChI=1S/C12H11F3O3S/c13-12(14,15)19(16,17)18-10-6-2-5-9-11(10)7-3-1-4-8-11/h1-7H,8-9H2. The van der Waals surface area contributed by atoms with Gasteiger partial charge in [-0.1, -0.05) is 36.5 Å². The van der Waals surface area contributed by atoms with E-state index in [-0.39, 0.29) is 5.76 Å². The van der Waals surface area contributed by atoms with Gasteiger partial charge >= 0.3 is 15.6 Å². The Labute approximate surface area is 108 Å². The number of hydrogen-bond acceptors (Lipinski definition) is 3. The Morgan fingerprint density at radius 1 is 1.11 bits per heavy atom. The molecule has 2 rings (SSSR count). The molecule has 104 valence electrons.